The summed E-state index contributed by atoms with van der Waals surface area (Å²) in [5.74, 6) is 6.04. The van der Waals surface area contributed by atoms with E-state index in [9.17, 15) is 0 Å². The van der Waals surface area contributed by atoms with Crippen molar-refractivity contribution >= 4 is 17.5 Å². The lowest BCUT2D eigenvalue weighted by molar-refractivity contribution is 0.213. The Balaban J connectivity index is -0.000000174. The molecule has 0 unspecified atom stereocenters. The number of hydrogen-bond donors (Lipinski definition) is 5. The zero-order chi connectivity index (χ0) is 14.3. The fourth-order valence-corrected chi connectivity index (χ4v) is 0.320. The molecule has 0 aromatic rings. The first-order valence-corrected chi connectivity index (χ1v) is 4.61. The van der Waals surface area contributed by atoms with Gasteiger partial charge >= 0.3 is 0 Å². The average molecular weight is 248 g/mol. The highest BCUT2D eigenvalue weighted by molar-refractivity contribution is 5.77. The van der Waals surface area contributed by atoms with Crippen molar-refractivity contribution < 1.29 is 4.84 Å². The van der Waals surface area contributed by atoms with Crippen LogP contribution in [-0.2, 0) is 4.84 Å². The number of hydrogen-bond acceptors (Lipinski definition) is 6. The zero-order valence-corrected chi connectivity index (χ0v) is 11.1. The molecule has 0 aliphatic heterocycles. The Hall–Kier alpha value is -2.19. The Labute approximate surface area is 102 Å². The lowest BCUT2D eigenvalue weighted by atomic mass is 10.7. The van der Waals surface area contributed by atoms with Crippen LogP contribution in [0.25, 0.3) is 0 Å². The Bertz CT molecular complexity index is 218. The predicted molar refractivity (Wildman–Crippen MR) is 72.1 cm³/mol. The molecule has 0 heterocycles. The van der Waals surface area contributed by atoms with Crippen LogP contribution in [0.5, 0.6) is 0 Å². The molecule has 0 bridgehead atoms. The third-order valence-electron chi connectivity index (χ3n) is 0.727. The minimum absolute atomic E-state index is 0.407. The summed E-state index contributed by atoms with van der Waals surface area (Å²) in [6.45, 7) is 5.00. The first-order chi connectivity index (χ1) is 7.81. The number of nitrogens with one attached hydrogen (secondary N) is 1. The van der Waals surface area contributed by atoms with Gasteiger partial charge in [0.25, 0.3) is 0 Å². The smallest absolute Gasteiger partial charge is 0.136 e. The van der Waals surface area contributed by atoms with E-state index >= 15 is 0 Å². The van der Waals surface area contributed by atoms with E-state index in [2.05, 4.69) is 31.5 Å². The van der Waals surface area contributed by atoms with Crippen LogP contribution in [0, 0.1) is 0 Å². The maximum absolute atomic E-state index is 5.09. The minimum atomic E-state index is 0.407. The molecule has 0 saturated heterocycles. The van der Waals surface area contributed by atoms with E-state index in [1.807, 2.05) is 0 Å². The third kappa shape index (κ3) is 57.1. The topological polar surface area (TPSA) is 162 Å². The van der Waals surface area contributed by atoms with E-state index in [0.717, 1.165) is 0 Å². The summed E-state index contributed by atoms with van der Waals surface area (Å²) in [5.41, 5.74) is 17.6. The van der Waals surface area contributed by atoms with Gasteiger partial charge in [-0.15, -0.1) is 0 Å². The molecule has 0 saturated carbocycles. The van der Waals surface area contributed by atoms with Crippen molar-refractivity contribution in [3.05, 3.63) is 0 Å². The first kappa shape index (κ1) is 20.3. The van der Waals surface area contributed by atoms with Crippen LogP contribution >= 0.6 is 0 Å². The molecule has 102 valence electrons. The Morgan fingerprint density at radius 3 is 1.41 bits per heavy atom. The maximum atomic E-state index is 5.09. The van der Waals surface area contributed by atoms with Crippen molar-refractivity contribution in [1.82, 2.24) is 5.43 Å². The van der Waals surface area contributed by atoms with E-state index in [0.29, 0.717) is 17.5 Å². The van der Waals surface area contributed by atoms with Gasteiger partial charge in [0.15, 0.2) is 0 Å². The number of nitrogens with zero attached hydrogens (tertiary/aromatic N) is 3. The van der Waals surface area contributed by atoms with Crippen molar-refractivity contribution in [3.8, 4) is 0 Å². The van der Waals surface area contributed by atoms with Gasteiger partial charge in [-0.3, -0.25) is 0 Å². The quantitative estimate of drug-likeness (QED) is 0.176. The highest BCUT2D eigenvalue weighted by Crippen LogP contribution is 1.63. The third-order valence-corrected chi connectivity index (χ3v) is 0.727. The van der Waals surface area contributed by atoms with Gasteiger partial charge in [-0.05, 0) is 20.8 Å². The molecule has 0 aromatic carbocycles. The summed E-state index contributed by atoms with van der Waals surface area (Å²) in [6, 6.07) is 0. The minimum Gasteiger partial charge on any atom is -0.398 e. The highest BCUT2D eigenvalue weighted by atomic mass is 16.6. The first-order valence-electron chi connectivity index (χ1n) is 4.61. The summed E-state index contributed by atoms with van der Waals surface area (Å²) in [4.78, 5) is 4.27. The van der Waals surface area contributed by atoms with Gasteiger partial charge in [0.2, 0.25) is 0 Å². The Morgan fingerprint density at radius 1 is 1.00 bits per heavy atom. The van der Waals surface area contributed by atoms with Crippen molar-refractivity contribution in [3.63, 3.8) is 0 Å². The second kappa shape index (κ2) is 16.2. The molecule has 0 amide bonds. The zero-order valence-electron chi connectivity index (χ0n) is 11.1. The van der Waals surface area contributed by atoms with Crippen LogP contribution in [0.4, 0.5) is 0 Å². The fourth-order valence-electron chi connectivity index (χ4n) is 0.320. The molecule has 0 radical (unpaired) electrons. The van der Waals surface area contributed by atoms with Crippen molar-refractivity contribution in [2.24, 2.45) is 38.4 Å². The number of hydrazone groups is 2. The molecule has 0 aromatic heterocycles. The highest BCUT2D eigenvalue weighted by Gasteiger charge is 1.69. The molecule has 17 heavy (non-hydrogen) atoms. The monoisotopic (exact) mass is 248 g/mol. The molecule has 0 spiro atoms. The van der Waals surface area contributed by atoms with E-state index in [-0.39, 0.29) is 0 Å². The Morgan fingerprint density at radius 2 is 1.41 bits per heavy atom. The Kier molecular flexibility index (Phi) is 19.4. The molecule has 0 aliphatic carbocycles. The van der Waals surface area contributed by atoms with Gasteiger partial charge in [-0.2, -0.15) is 10.2 Å². The normalized spacial score (nSPS) is 11.5. The second-order valence-electron chi connectivity index (χ2n) is 2.66. The lowest BCUT2D eigenvalue weighted by Crippen LogP contribution is -2.10. The molecule has 0 fully saturated rings. The molecular weight excluding hydrogens is 224 g/mol. The summed E-state index contributed by atoms with van der Waals surface area (Å²) in [7, 11) is 3.16. The molecule has 9 nitrogen and oxygen atoms in total. The average Bonchev–Trinajstić information content (AvgIpc) is 2.19. The van der Waals surface area contributed by atoms with Crippen molar-refractivity contribution in [1.29, 1.82) is 0 Å². The van der Waals surface area contributed by atoms with E-state index in [4.69, 9.17) is 17.2 Å². The molecule has 0 aliphatic rings. The molecular formula is C8H24N8O. The summed E-state index contributed by atoms with van der Waals surface area (Å²) < 4.78 is 0. The maximum Gasteiger partial charge on any atom is 0.136 e. The predicted octanol–water partition coefficient (Wildman–Crippen LogP) is -1.34. The van der Waals surface area contributed by atoms with Gasteiger partial charge in [-0.25, -0.2) is 0 Å². The van der Waals surface area contributed by atoms with Gasteiger partial charge in [0.1, 0.15) is 24.6 Å². The van der Waals surface area contributed by atoms with Crippen LogP contribution in [0.3, 0.4) is 0 Å². The lowest BCUT2D eigenvalue weighted by Gasteiger charge is -1.85. The fraction of sp³-hybridized carbons (Fsp3) is 0.625. The molecule has 9 heteroatoms. The number of nitrogens with two attached hydrogens (primary N) is 4. The van der Waals surface area contributed by atoms with Gasteiger partial charge in [-0.1, -0.05) is 5.16 Å². The number of amidine groups is 3. The van der Waals surface area contributed by atoms with Gasteiger partial charge in [0.05, 0.1) is 0 Å². The van der Waals surface area contributed by atoms with E-state index in [1.54, 1.807) is 27.8 Å². The molecule has 9 N–H and O–H groups in total. The number of rotatable bonds is 2. The van der Waals surface area contributed by atoms with Crippen molar-refractivity contribution in [2.45, 2.75) is 20.8 Å². The van der Waals surface area contributed by atoms with E-state index in [1.165, 1.54) is 7.11 Å². The van der Waals surface area contributed by atoms with Crippen LogP contribution in [0.2, 0.25) is 0 Å². The van der Waals surface area contributed by atoms with Gasteiger partial charge in [0, 0.05) is 7.05 Å². The molecule has 0 rings (SSSR count). The van der Waals surface area contributed by atoms with Gasteiger partial charge < -0.3 is 33.3 Å². The van der Waals surface area contributed by atoms with Crippen LogP contribution in [-0.4, -0.2) is 31.7 Å². The standard InChI is InChI=1S/C3H9N3.C3H8N2O.C2H7N3/c1-3(4)6-5-2;1-3(4)5-6-2;1-2(3)5-4/h5H,1-2H3,(H2,4,6);1-2H3,(H2,4,5);4H2,1H3,(H2,3,5). The summed E-state index contributed by atoms with van der Waals surface area (Å²) in [6.07, 6.45) is 0. The van der Waals surface area contributed by atoms with Crippen LogP contribution < -0.4 is 28.5 Å². The summed E-state index contributed by atoms with van der Waals surface area (Å²) in [5, 5.41) is 9.97. The SMILES string of the molecule is CC(N)=NN.CNN=C(C)N.CON=C(C)N. The summed E-state index contributed by atoms with van der Waals surface area (Å²) >= 11 is 0. The van der Waals surface area contributed by atoms with Crippen LogP contribution in [0.15, 0.2) is 15.4 Å². The second-order valence-corrected chi connectivity index (χ2v) is 2.66. The van der Waals surface area contributed by atoms with Crippen LogP contribution in [0.1, 0.15) is 20.8 Å². The van der Waals surface area contributed by atoms with Crippen molar-refractivity contribution in [2.75, 3.05) is 14.2 Å². The number of oxime groups is 1. The largest absolute Gasteiger partial charge is 0.398 e. The molecule has 0 atom stereocenters. The van der Waals surface area contributed by atoms with E-state index < -0.39 is 0 Å².